The molecule has 1 unspecified atom stereocenters. The van der Waals surface area contributed by atoms with Crippen LogP contribution in [0.4, 0.5) is 0 Å². The van der Waals surface area contributed by atoms with Crippen LogP contribution in [0, 0.1) is 0 Å². The Kier molecular flexibility index (Phi) is 8.63. The van der Waals surface area contributed by atoms with Gasteiger partial charge in [0, 0.05) is 31.2 Å². The average molecular weight is 513 g/mol. The molecule has 0 aliphatic carbocycles. The average Bonchev–Trinajstić information content (AvgIpc) is 3.02. The molecule has 0 saturated carbocycles. The number of halogens is 2. The number of nitrogens with two attached hydrogens (primary N) is 1. The predicted molar refractivity (Wildman–Crippen MR) is 142 cm³/mol. The van der Waals surface area contributed by atoms with Gasteiger partial charge in [-0.3, -0.25) is 9.59 Å². The lowest BCUT2D eigenvalue weighted by atomic mass is 10.1. The van der Waals surface area contributed by atoms with Crippen molar-refractivity contribution in [2.45, 2.75) is 37.9 Å². The lowest BCUT2D eigenvalue weighted by Crippen LogP contribution is -2.48. The minimum absolute atomic E-state index is 0.0119. The molecule has 3 aromatic rings. The first kappa shape index (κ1) is 25.5. The van der Waals surface area contributed by atoms with Crippen molar-refractivity contribution < 1.29 is 9.59 Å². The molecule has 184 valence electrons. The summed E-state index contributed by atoms with van der Waals surface area (Å²) in [6, 6.07) is 18.7. The summed E-state index contributed by atoms with van der Waals surface area (Å²) >= 11 is 12.6. The largest absolute Gasteiger partial charge is 0.350 e. The molecule has 3 aromatic carbocycles. The van der Waals surface area contributed by atoms with E-state index >= 15 is 0 Å². The number of benzene rings is 3. The fraction of sp³-hybridized carbons (Fsp3) is 0.333. The highest BCUT2D eigenvalue weighted by atomic mass is 35.5. The van der Waals surface area contributed by atoms with Gasteiger partial charge in [-0.1, -0.05) is 65.7 Å². The maximum Gasteiger partial charge on any atom is 0.251 e. The zero-order valence-electron chi connectivity index (χ0n) is 19.5. The molecule has 0 spiro atoms. The Bertz CT molecular complexity index is 1200. The van der Waals surface area contributed by atoms with Crippen LogP contribution in [0.3, 0.4) is 0 Å². The van der Waals surface area contributed by atoms with Gasteiger partial charge in [-0.05, 0) is 60.3 Å². The van der Waals surface area contributed by atoms with Gasteiger partial charge in [-0.15, -0.1) is 0 Å². The van der Waals surface area contributed by atoms with Crippen LogP contribution in [0.5, 0.6) is 0 Å². The Hall–Kier alpha value is -2.64. The maximum absolute atomic E-state index is 13.3. The van der Waals surface area contributed by atoms with E-state index in [4.69, 9.17) is 28.9 Å². The van der Waals surface area contributed by atoms with Crippen LogP contribution < -0.4 is 16.4 Å². The molecule has 1 heterocycles. The Labute approximate surface area is 215 Å². The number of nitrogens with one attached hydrogen (secondary N) is 2. The minimum Gasteiger partial charge on any atom is -0.350 e. The van der Waals surface area contributed by atoms with Gasteiger partial charge in [0.05, 0.1) is 16.1 Å². The van der Waals surface area contributed by atoms with Crippen molar-refractivity contribution in [3.63, 3.8) is 0 Å². The molecule has 2 amide bonds. The summed E-state index contributed by atoms with van der Waals surface area (Å²) in [4.78, 5) is 28.0. The van der Waals surface area contributed by atoms with Crippen molar-refractivity contribution >= 4 is 45.8 Å². The van der Waals surface area contributed by atoms with Crippen LogP contribution >= 0.6 is 23.2 Å². The summed E-state index contributed by atoms with van der Waals surface area (Å²) in [5.41, 5.74) is 7.15. The number of carbonyl (C=O) groups excluding carboxylic acids is 2. The van der Waals surface area contributed by atoms with E-state index in [2.05, 4.69) is 10.6 Å². The fourth-order valence-corrected chi connectivity index (χ4v) is 4.83. The molecule has 0 aromatic heterocycles. The third-order valence-corrected chi connectivity index (χ3v) is 7.26. The first-order valence-corrected chi connectivity index (χ1v) is 12.7. The highest BCUT2D eigenvalue weighted by molar-refractivity contribution is 6.42. The van der Waals surface area contributed by atoms with E-state index < -0.39 is 0 Å². The molecule has 1 fully saturated rings. The van der Waals surface area contributed by atoms with E-state index in [1.165, 1.54) is 0 Å². The van der Waals surface area contributed by atoms with Gasteiger partial charge < -0.3 is 21.3 Å². The van der Waals surface area contributed by atoms with E-state index in [0.717, 1.165) is 22.8 Å². The van der Waals surface area contributed by atoms with Crippen LogP contribution in [-0.4, -0.2) is 48.4 Å². The summed E-state index contributed by atoms with van der Waals surface area (Å²) < 4.78 is 0. The van der Waals surface area contributed by atoms with Crippen molar-refractivity contribution in [2.24, 2.45) is 5.73 Å². The van der Waals surface area contributed by atoms with Crippen molar-refractivity contribution in [2.75, 3.05) is 19.6 Å². The minimum atomic E-state index is -0.374. The number of hydrogen-bond acceptors (Lipinski definition) is 4. The van der Waals surface area contributed by atoms with Crippen LogP contribution in [0.1, 0.15) is 35.2 Å². The number of hydrogen-bond donors (Lipinski definition) is 3. The monoisotopic (exact) mass is 512 g/mol. The quantitative estimate of drug-likeness (QED) is 0.418. The Morgan fingerprint density at radius 2 is 1.89 bits per heavy atom. The van der Waals surface area contributed by atoms with Crippen LogP contribution in [0.25, 0.3) is 10.8 Å². The van der Waals surface area contributed by atoms with Gasteiger partial charge in [0.1, 0.15) is 0 Å². The molecule has 8 heteroatoms. The van der Waals surface area contributed by atoms with Gasteiger partial charge in [0.25, 0.3) is 5.91 Å². The molecule has 1 aliphatic heterocycles. The summed E-state index contributed by atoms with van der Waals surface area (Å²) in [7, 11) is 0. The highest BCUT2D eigenvalue weighted by Crippen LogP contribution is 2.27. The number of carbonyl (C=O) groups is 2. The smallest absolute Gasteiger partial charge is 0.251 e. The molecule has 0 bridgehead atoms. The molecular weight excluding hydrogens is 483 g/mol. The summed E-state index contributed by atoms with van der Waals surface area (Å²) in [6.07, 6.45) is 2.05. The van der Waals surface area contributed by atoms with Crippen LogP contribution in [0.15, 0.2) is 60.7 Å². The van der Waals surface area contributed by atoms with Crippen molar-refractivity contribution in [1.29, 1.82) is 0 Å². The second-order valence-corrected chi connectivity index (χ2v) is 9.67. The van der Waals surface area contributed by atoms with E-state index in [1.54, 1.807) is 6.07 Å². The molecule has 4 rings (SSSR count). The standard InChI is InChI=1S/C27H30Cl2N4O2/c28-23-8-3-7-21(25(23)29)17-33-14-12-22(32-24(27(33)35)9-4-13-30)16-31-26(34)20-11-10-18-5-1-2-6-19(18)15-20/h1-3,5-8,10-11,15,22,24,32H,4,9,12-14,16-17,30H2,(H,31,34)/t22-,24?/m0/s1. The number of nitrogens with zero attached hydrogens (tertiary/aromatic N) is 1. The molecule has 0 radical (unpaired) electrons. The van der Waals surface area contributed by atoms with E-state index in [0.29, 0.717) is 54.6 Å². The molecule has 1 aliphatic rings. The topological polar surface area (TPSA) is 87.5 Å². The molecule has 35 heavy (non-hydrogen) atoms. The Morgan fingerprint density at radius 3 is 2.69 bits per heavy atom. The second kappa shape index (κ2) is 11.9. The number of amides is 2. The lowest BCUT2D eigenvalue weighted by Gasteiger charge is -2.25. The summed E-state index contributed by atoms with van der Waals surface area (Å²) in [5.74, 6) is -0.118. The van der Waals surface area contributed by atoms with Crippen molar-refractivity contribution in [1.82, 2.24) is 15.5 Å². The van der Waals surface area contributed by atoms with E-state index in [-0.39, 0.29) is 23.9 Å². The van der Waals surface area contributed by atoms with E-state index in [9.17, 15) is 9.59 Å². The predicted octanol–water partition coefficient (Wildman–Crippen LogP) is 4.37. The maximum atomic E-state index is 13.3. The van der Waals surface area contributed by atoms with Gasteiger partial charge in [-0.25, -0.2) is 0 Å². The molecule has 1 saturated heterocycles. The Morgan fingerprint density at radius 1 is 1.09 bits per heavy atom. The molecule has 4 N–H and O–H groups in total. The van der Waals surface area contributed by atoms with Gasteiger partial charge in [0.2, 0.25) is 5.91 Å². The van der Waals surface area contributed by atoms with Crippen LogP contribution in [-0.2, 0) is 11.3 Å². The lowest BCUT2D eigenvalue weighted by molar-refractivity contribution is -0.133. The SMILES string of the molecule is NCCCC1N[C@H](CNC(=O)c2ccc3ccccc3c2)CCN(Cc2cccc(Cl)c2Cl)C1=O. The summed E-state index contributed by atoms with van der Waals surface area (Å²) in [5, 5.41) is 9.55. The molecule has 2 atom stereocenters. The highest BCUT2D eigenvalue weighted by Gasteiger charge is 2.31. The zero-order chi connectivity index (χ0) is 24.8. The van der Waals surface area contributed by atoms with Crippen LogP contribution in [0.2, 0.25) is 10.0 Å². The number of rotatable bonds is 8. The second-order valence-electron chi connectivity index (χ2n) is 8.88. The molecular formula is C27H30Cl2N4O2. The normalized spacial score (nSPS) is 18.5. The number of fused-ring (bicyclic) bond motifs is 1. The van der Waals surface area contributed by atoms with Gasteiger partial charge in [-0.2, -0.15) is 0 Å². The summed E-state index contributed by atoms with van der Waals surface area (Å²) in [6.45, 7) is 1.86. The first-order valence-electron chi connectivity index (χ1n) is 11.9. The Balaban J connectivity index is 1.43. The van der Waals surface area contributed by atoms with Gasteiger partial charge in [0.15, 0.2) is 0 Å². The first-order chi connectivity index (χ1) is 17.0. The fourth-order valence-electron chi connectivity index (χ4n) is 4.45. The third-order valence-electron chi connectivity index (χ3n) is 6.40. The zero-order valence-corrected chi connectivity index (χ0v) is 21.0. The van der Waals surface area contributed by atoms with Crippen molar-refractivity contribution in [3.8, 4) is 0 Å². The van der Waals surface area contributed by atoms with Crippen molar-refractivity contribution in [3.05, 3.63) is 81.8 Å². The third kappa shape index (κ3) is 6.33. The van der Waals surface area contributed by atoms with Gasteiger partial charge >= 0.3 is 0 Å². The van der Waals surface area contributed by atoms with E-state index in [1.807, 2.05) is 59.5 Å². The molecule has 6 nitrogen and oxygen atoms in total.